The van der Waals surface area contributed by atoms with Crippen LogP contribution in [0.3, 0.4) is 0 Å². The fourth-order valence-electron chi connectivity index (χ4n) is 3.19. The highest BCUT2D eigenvalue weighted by Crippen LogP contribution is 2.30. The van der Waals surface area contributed by atoms with Gasteiger partial charge < -0.3 is 20.2 Å². The van der Waals surface area contributed by atoms with Crippen LogP contribution in [-0.4, -0.2) is 19.9 Å². The second kappa shape index (κ2) is 7.79. The van der Waals surface area contributed by atoms with Gasteiger partial charge in [0.05, 0.1) is 17.2 Å². The van der Waals surface area contributed by atoms with Crippen molar-refractivity contribution in [1.82, 2.24) is 19.9 Å². The molecule has 152 valence electrons. The predicted molar refractivity (Wildman–Crippen MR) is 119 cm³/mol. The first-order valence-corrected chi connectivity index (χ1v) is 9.74. The minimum absolute atomic E-state index is 0.268. The summed E-state index contributed by atoms with van der Waals surface area (Å²) in [5.41, 5.74) is 9.38. The highest BCUT2D eigenvalue weighted by atomic mass is 16.5. The quantitative estimate of drug-likeness (QED) is 0.398. The highest BCUT2D eigenvalue weighted by molar-refractivity contribution is 5.81. The maximum absolute atomic E-state index is 6.07. The standard InChI is InChI=1S/C24H19N5O2/c1-15-10-11-19-20(12-15)28-24(27-19)22-23(25)26-14-21(29-22)31-18-9-5-8-17(13-18)30-16-6-3-2-4-7-16/h2-14H,1H3,(H2,25,26)(H,27,28). The van der Waals surface area contributed by atoms with Gasteiger partial charge in [0, 0.05) is 6.07 Å². The van der Waals surface area contributed by atoms with E-state index in [-0.39, 0.29) is 5.82 Å². The molecule has 3 N–H and O–H groups in total. The molecule has 7 heteroatoms. The van der Waals surface area contributed by atoms with E-state index in [4.69, 9.17) is 15.2 Å². The van der Waals surface area contributed by atoms with Crippen LogP contribution in [0.5, 0.6) is 23.1 Å². The molecule has 7 nitrogen and oxygen atoms in total. The molecule has 2 heterocycles. The first-order chi connectivity index (χ1) is 15.1. The summed E-state index contributed by atoms with van der Waals surface area (Å²) in [5, 5.41) is 0. The molecule has 2 aromatic heterocycles. The van der Waals surface area contributed by atoms with Crippen LogP contribution in [0.15, 0.2) is 79.0 Å². The molecule has 0 saturated carbocycles. The lowest BCUT2D eigenvalue weighted by molar-refractivity contribution is 0.448. The molecule has 0 aliphatic heterocycles. The monoisotopic (exact) mass is 409 g/mol. The molecule has 31 heavy (non-hydrogen) atoms. The number of aromatic amines is 1. The van der Waals surface area contributed by atoms with Crippen molar-refractivity contribution in [1.29, 1.82) is 0 Å². The number of nitrogen functional groups attached to an aromatic ring is 1. The maximum atomic E-state index is 6.07. The van der Waals surface area contributed by atoms with Gasteiger partial charge in [-0.15, -0.1) is 0 Å². The summed E-state index contributed by atoms with van der Waals surface area (Å²) < 4.78 is 11.8. The van der Waals surface area contributed by atoms with Gasteiger partial charge in [0.15, 0.2) is 17.3 Å². The minimum atomic E-state index is 0.268. The number of H-pyrrole nitrogens is 1. The third-order valence-electron chi connectivity index (χ3n) is 4.65. The Hall–Kier alpha value is -4.39. The minimum Gasteiger partial charge on any atom is -0.457 e. The Morgan fingerprint density at radius 1 is 0.806 bits per heavy atom. The lowest BCUT2D eigenvalue weighted by Gasteiger charge is -2.09. The molecule has 0 radical (unpaired) electrons. The number of benzene rings is 3. The van der Waals surface area contributed by atoms with E-state index in [9.17, 15) is 0 Å². The molecule has 0 aliphatic rings. The molecule has 0 saturated heterocycles. The zero-order valence-corrected chi connectivity index (χ0v) is 16.7. The first-order valence-electron chi connectivity index (χ1n) is 9.74. The normalized spacial score (nSPS) is 10.9. The van der Waals surface area contributed by atoms with Crippen molar-refractivity contribution in [3.63, 3.8) is 0 Å². The number of aryl methyl sites for hydroxylation is 1. The van der Waals surface area contributed by atoms with E-state index in [1.807, 2.05) is 73.7 Å². The van der Waals surface area contributed by atoms with Gasteiger partial charge in [0.1, 0.15) is 17.2 Å². The topological polar surface area (TPSA) is 98.9 Å². The summed E-state index contributed by atoms with van der Waals surface area (Å²) in [4.78, 5) is 16.6. The molecular weight excluding hydrogens is 390 g/mol. The van der Waals surface area contributed by atoms with Gasteiger partial charge in [-0.2, -0.15) is 0 Å². The van der Waals surface area contributed by atoms with Gasteiger partial charge in [-0.25, -0.2) is 15.0 Å². The van der Waals surface area contributed by atoms with Gasteiger partial charge in [0.2, 0.25) is 5.88 Å². The van der Waals surface area contributed by atoms with Gasteiger partial charge in [0.25, 0.3) is 0 Å². The summed E-state index contributed by atoms with van der Waals surface area (Å²) in [6.45, 7) is 2.03. The SMILES string of the molecule is Cc1ccc2nc(-c3nc(Oc4cccc(Oc5ccccc5)c4)cnc3N)[nH]c2c1. The van der Waals surface area contributed by atoms with Crippen LogP contribution in [0, 0.1) is 6.92 Å². The number of nitrogens with two attached hydrogens (primary N) is 1. The van der Waals surface area contributed by atoms with E-state index >= 15 is 0 Å². The summed E-state index contributed by atoms with van der Waals surface area (Å²) in [6.07, 6.45) is 1.48. The lowest BCUT2D eigenvalue weighted by atomic mass is 10.2. The predicted octanol–water partition coefficient (Wildman–Crippen LogP) is 5.50. The zero-order chi connectivity index (χ0) is 21.2. The number of hydrogen-bond acceptors (Lipinski definition) is 6. The molecule has 0 unspecified atom stereocenters. The lowest BCUT2D eigenvalue weighted by Crippen LogP contribution is -2.00. The number of ether oxygens (including phenoxy) is 2. The van der Waals surface area contributed by atoms with Gasteiger partial charge in [-0.3, -0.25) is 0 Å². The number of para-hydroxylation sites is 1. The molecule has 0 fully saturated rings. The zero-order valence-electron chi connectivity index (χ0n) is 16.7. The van der Waals surface area contributed by atoms with Crippen LogP contribution in [0.1, 0.15) is 5.56 Å². The van der Waals surface area contributed by atoms with Gasteiger partial charge >= 0.3 is 0 Å². The van der Waals surface area contributed by atoms with Crippen molar-refractivity contribution in [3.8, 4) is 34.6 Å². The second-order valence-corrected chi connectivity index (χ2v) is 7.04. The summed E-state index contributed by atoms with van der Waals surface area (Å²) >= 11 is 0. The number of aromatic nitrogens is 4. The van der Waals surface area contributed by atoms with Crippen LogP contribution in [0.2, 0.25) is 0 Å². The molecular formula is C24H19N5O2. The van der Waals surface area contributed by atoms with Crippen molar-refractivity contribution in [2.45, 2.75) is 6.92 Å². The number of imidazole rings is 1. The van der Waals surface area contributed by atoms with E-state index in [0.29, 0.717) is 28.9 Å². The number of hydrogen-bond donors (Lipinski definition) is 2. The average molecular weight is 409 g/mol. The van der Waals surface area contributed by atoms with E-state index < -0.39 is 0 Å². The number of nitrogens with zero attached hydrogens (tertiary/aromatic N) is 3. The third kappa shape index (κ3) is 4.02. The van der Waals surface area contributed by atoms with Crippen LogP contribution in [0.25, 0.3) is 22.6 Å². The van der Waals surface area contributed by atoms with E-state index in [0.717, 1.165) is 22.3 Å². The van der Waals surface area contributed by atoms with E-state index in [2.05, 4.69) is 19.9 Å². The van der Waals surface area contributed by atoms with Crippen molar-refractivity contribution in [2.24, 2.45) is 0 Å². The van der Waals surface area contributed by atoms with Gasteiger partial charge in [-0.05, 0) is 48.9 Å². The van der Waals surface area contributed by atoms with Crippen molar-refractivity contribution in [3.05, 3.63) is 84.6 Å². The van der Waals surface area contributed by atoms with Crippen molar-refractivity contribution in [2.75, 3.05) is 5.73 Å². The number of nitrogens with one attached hydrogen (secondary N) is 1. The molecule has 5 aromatic rings. The summed E-state index contributed by atoms with van der Waals surface area (Å²) in [6, 6.07) is 22.8. The number of anilines is 1. The Morgan fingerprint density at radius 3 is 2.42 bits per heavy atom. The molecule has 0 aliphatic carbocycles. The Balaban J connectivity index is 1.42. The Labute approximate surface area is 178 Å². The third-order valence-corrected chi connectivity index (χ3v) is 4.65. The van der Waals surface area contributed by atoms with E-state index in [1.54, 1.807) is 6.07 Å². The molecule has 3 aromatic carbocycles. The smallest absolute Gasteiger partial charge is 0.238 e. The first kappa shape index (κ1) is 18.6. The summed E-state index contributed by atoms with van der Waals surface area (Å²) in [7, 11) is 0. The second-order valence-electron chi connectivity index (χ2n) is 7.04. The van der Waals surface area contributed by atoms with Crippen molar-refractivity contribution >= 4 is 16.9 Å². The van der Waals surface area contributed by atoms with Gasteiger partial charge in [-0.1, -0.05) is 30.3 Å². The summed E-state index contributed by atoms with van der Waals surface area (Å²) in [5.74, 6) is 3.08. The van der Waals surface area contributed by atoms with Crippen LogP contribution in [-0.2, 0) is 0 Å². The Kier molecular flexibility index (Phi) is 4.68. The van der Waals surface area contributed by atoms with E-state index in [1.165, 1.54) is 6.20 Å². The van der Waals surface area contributed by atoms with Crippen LogP contribution < -0.4 is 15.2 Å². The van der Waals surface area contributed by atoms with Crippen LogP contribution in [0.4, 0.5) is 5.82 Å². The Morgan fingerprint density at radius 2 is 1.58 bits per heavy atom. The number of rotatable bonds is 5. The molecule has 0 spiro atoms. The largest absolute Gasteiger partial charge is 0.457 e. The van der Waals surface area contributed by atoms with Crippen LogP contribution >= 0.6 is 0 Å². The Bertz CT molecular complexity index is 1370. The highest BCUT2D eigenvalue weighted by Gasteiger charge is 2.14. The molecule has 0 atom stereocenters. The number of fused-ring (bicyclic) bond motifs is 1. The maximum Gasteiger partial charge on any atom is 0.238 e. The average Bonchev–Trinajstić information content (AvgIpc) is 3.19. The molecule has 0 amide bonds. The van der Waals surface area contributed by atoms with Crippen molar-refractivity contribution < 1.29 is 9.47 Å². The fourth-order valence-corrected chi connectivity index (χ4v) is 3.19. The molecule has 5 rings (SSSR count). The molecule has 0 bridgehead atoms. The fraction of sp³-hybridized carbons (Fsp3) is 0.0417.